The van der Waals surface area contributed by atoms with Gasteiger partial charge in [-0.1, -0.05) is 0 Å². The number of alkyl halides is 2. The lowest BCUT2D eigenvalue weighted by molar-refractivity contribution is -0.131. The fraction of sp³-hybridized carbons (Fsp3) is 0.300. The summed E-state index contributed by atoms with van der Waals surface area (Å²) in [6.07, 6.45) is -1.75. The van der Waals surface area contributed by atoms with Crippen LogP contribution < -0.4 is 14.8 Å². The average molecular weight is 390 g/mol. The largest absolute Gasteiger partial charge is 0.495 e. The van der Waals surface area contributed by atoms with E-state index in [2.05, 4.69) is 5.32 Å². The predicted octanol–water partition coefficient (Wildman–Crippen LogP) is 3.98. The number of hydrogen-bond acceptors (Lipinski definition) is 4. The molecule has 28 heavy (non-hydrogen) atoms. The number of methoxy groups -OCH3 is 1. The van der Waals surface area contributed by atoms with Crippen molar-refractivity contribution in [2.75, 3.05) is 19.5 Å². The van der Waals surface area contributed by atoms with Gasteiger partial charge in [0.15, 0.2) is 0 Å². The number of halogens is 2. The Morgan fingerprint density at radius 1 is 1.18 bits per heavy atom. The maximum absolute atomic E-state index is 12.6. The van der Waals surface area contributed by atoms with E-state index >= 15 is 0 Å². The quantitative estimate of drug-likeness (QED) is 0.810. The number of nitrogens with zero attached hydrogens (tertiary/aromatic N) is 1. The van der Waals surface area contributed by atoms with E-state index in [-0.39, 0.29) is 17.4 Å². The van der Waals surface area contributed by atoms with Crippen LogP contribution in [0.1, 0.15) is 24.8 Å². The molecule has 0 bridgehead atoms. The third-order valence-corrected chi connectivity index (χ3v) is 4.59. The van der Waals surface area contributed by atoms with E-state index in [1.165, 1.54) is 36.3 Å². The van der Waals surface area contributed by atoms with Crippen LogP contribution in [0.3, 0.4) is 0 Å². The summed E-state index contributed by atoms with van der Waals surface area (Å²) < 4.78 is 36.2. The minimum atomic E-state index is -2.54. The van der Waals surface area contributed by atoms with Crippen molar-refractivity contribution in [2.45, 2.75) is 25.3 Å². The number of likely N-dealkylation sites (N-methyl/N-ethyl adjacent to an activating group) is 1. The van der Waals surface area contributed by atoms with Gasteiger partial charge in [-0.15, -0.1) is 0 Å². The molecule has 2 amide bonds. The Morgan fingerprint density at radius 2 is 1.86 bits per heavy atom. The van der Waals surface area contributed by atoms with Crippen molar-refractivity contribution < 1.29 is 27.8 Å². The van der Waals surface area contributed by atoms with Gasteiger partial charge in [0, 0.05) is 25.1 Å². The Labute approximate surface area is 161 Å². The monoisotopic (exact) mass is 390 g/mol. The molecule has 3 rings (SSSR count). The lowest BCUT2D eigenvalue weighted by Crippen LogP contribution is -2.38. The molecule has 1 heterocycles. The van der Waals surface area contributed by atoms with E-state index < -0.39 is 12.5 Å². The number of anilines is 1. The minimum absolute atomic E-state index is 0.0727. The molecule has 1 aliphatic heterocycles. The Morgan fingerprint density at radius 3 is 2.43 bits per heavy atom. The molecule has 1 unspecified atom stereocenters. The third kappa shape index (κ3) is 4.21. The van der Waals surface area contributed by atoms with Crippen LogP contribution in [0.25, 0.3) is 0 Å². The van der Waals surface area contributed by atoms with Crippen LogP contribution in [-0.4, -0.2) is 36.9 Å². The fourth-order valence-electron chi connectivity index (χ4n) is 2.99. The van der Waals surface area contributed by atoms with Gasteiger partial charge < -0.3 is 19.7 Å². The summed E-state index contributed by atoms with van der Waals surface area (Å²) in [4.78, 5) is 25.6. The van der Waals surface area contributed by atoms with E-state index in [9.17, 15) is 18.4 Å². The van der Waals surface area contributed by atoms with Crippen LogP contribution >= 0.6 is 0 Å². The Bertz CT molecular complexity index is 871. The predicted molar refractivity (Wildman–Crippen MR) is 98.9 cm³/mol. The van der Waals surface area contributed by atoms with Crippen molar-refractivity contribution in [1.82, 2.24) is 4.90 Å². The molecular weight excluding hydrogens is 370 g/mol. The first-order valence-corrected chi connectivity index (χ1v) is 8.69. The second kappa shape index (κ2) is 8.24. The molecule has 148 valence electrons. The van der Waals surface area contributed by atoms with Crippen LogP contribution in [0.4, 0.5) is 14.5 Å². The van der Waals surface area contributed by atoms with Crippen LogP contribution in [0.5, 0.6) is 17.2 Å². The first-order chi connectivity index (χ1) is 13.4. The molecule has 1 atom stereocenters. The zero-order chi connectivity index (χ0) is 20.3. The highest BCUT2D eigenvalue weighted by molar-refractivity contribution is 5.99. The molecular formula is C20H20F2N2O4. The number of nitrogens with one attached hydrogen (secondary N) is 1. The summed E-state index contributed by atoms with van der Waals surface area (Å²) in [5.41, 5.74) is 0.298. The van der Waals surface area contributed by atoms with Gasteiger partial charge in [0.05, 0.1) is 12.8 Å². The van der Waals surface area contributed by atoms with Gasteiger partial charge in [-0.2, -0.15) is 0 Å². The van der Waals surface area contributed by atoms with Gasteiger partial charge in [0.25, 0.3) is 6.43 Å². The summed E-state index contributed by atoms with van der Waals surface area (Å²) in [5, 5.41) is 2.77. The van der Waals surface area contributed by atoms with Crippen LogP contribution in [0, 0.1) is 0 Å². The summed E-state index contributed by atoms with van der Waals surface area (Å²) >= 11 is 0. The summed E-state index contributed by atoms with van der Waals surface area (Å²) in [7, 11) is 3.07. The molecule has 1 saturated heterocycles. The number of ether oxygens (including phenoxy) is 2. The van der Waals surface area contributed by atoms with Crippen molar-refractivity contribution in [3.05, 3.63) is 48.0 Å². The molecule has 8 heteroatoms. The molecule has 0 spiro atoms. The molecule has 0 radical (unpaired) electrons. The van der Waals surface area contributed by atoms with Gasteiger partial charge in [0.1, 0.15) is 23.3 Å². The summed E-state index contributed by atoms with van der Waals surface area (Å²) in [6, 6.07) is 9.78. The fourth-order valence-corrected chi connectivity index (χ4v) is 2.99. The lowest BCUT2D eigenvalue weighted by atomic mass is 10.2. The summed E-state index contributed by atoms with van der Waals surface area (Å²) in [6.45, 7) is 0. The third-order valence-electron chi connectivity index (χ3n) is 4.59. The molecule has 2 aromatic carbocycles. The Hall–Kier alpha value is -3.16. The number of likely N-dealkylation sites (tertiary alicyclic amines) is 1. The number of hydrogen-bond donors (Lipinski definition) is 1. The molecule has 6 nitrogen and oxygen atoms in total. The number of carbonyl (C=O) groups is 2. The maximum Gasteiger partial charge on any atom is 0.263 e. The highest BCUT2D eigenvalue weighted by atomic mass is 19.3. The highest BCUT2D eigenvalue weighted by Gasteiger charge is 2.33. The lowest BCUT2D eigenvalue weighted by Gasteiger charge is -2.20. The smallest absolute Gasteiger partial charge is 0.263 e. The zero-order valence-electron chi connectivity index (χ0n) is 15.4. The van der Waals surface area contributed by atoms with Gasteiger partial charge in [-0.25, -0.2) is 8.78 Å². The summed E-state index contributed by atoms with van der Waals surface area (Å²) in [5.74, 6) is 0.826. The first-order valence-electron chi connectivity index (χ1n) is 8.69. The Balaban J connectivity index is 1.76. The van der Waals surface area contributed by atoms with E-state index in [1.54, 1.807) is 25.2 Å². The standard InChI is InChI=1S/C20H20F2N2O4/c1-24-16(8-10-18(24)25)20(26)23-15-11-14(7-9-17(15)27-2)28-13-5-3-12(4-6-13)19(21)22/h3-7,9,11,16,19H,8,10H2,1-2H3,(H,23,26). The van der Waals surface area contributed by atoms with E-state index in [0.717, 1.165) is 0 Å². The van der Waals surface area contributed by atoms with Crippen molar-refractivity contribution in [1.29, 1.82) is 0 Å². The van der Waals surface area contributed by atoms with Crippen molar-refractivity contribution in [3.8, 4) is 17.2 Å². The molecule has 1 N–H and O–H groups in total. The molecule has 0 aromatic heterocycles. The number of rotatable bonds is 6. The SMILES string of the molecule is COc1ccc(Oc2ccc(C(F)F)cc2)cc1NC(=O)C1CCC(=O)N1C. The zero-order valence-corrected chi connectivity index (χ0v) is 15.4. The number of carbonyl (C=O) groups excluding carboxylic acids is 2. The molecule has 1 aliphatic rings. The van der Waals surface area contributed by atoms with Gasteiger partial charge >= 0.3 is 0 Å². The minimum Gasteiger partial charge on any atom is -0.495 e. The number of amides is 2. The van der Waals surface area contributed by atoms with Crippen LogP contribution in [0.15, 0.2) is 42.5 Å². The van der Waals surface area contributed by atoms with Gasteiger partial charge in [0.2, 0.25) is 11.8 Å². The van der Waals surface area contributed by atoms with Gasteiger partial charge in [-0.05, 0) is 42.8 Å². The topological polar surface area (TPSA) is 67.9 Å². The van der Waals surface area contributed by atoms with Gasteiger partial charge in [-0.3, -0.25) is 9.59 Å². The number of benzene rings is 2. The molecule has 2 aromatic rings. The van der Waals surface area contributed by atoms with E-state index in [1.807, 2.05) is 0 Å². The van der Waals surface area contributed by atoms with Crippen molar-refractivity contribution >= 4 is 17.5 Å². The molecule has 0 saturated carbocycles. The normalized spacial score (nSPS) is 16.4. The highest BCUT2D eigenvalue weighted by Crippen LogP contribution is 2.33. The first kappa shape index (κ1) is 19.6. The van der Waals surface area contributed by atoms with Crippen molar-refractivity contribution in [2.24, 2.45) is 0 Å². The van der Waals surface area contributed by atoms with E-state index in [0.29, 0.717) is 35.8 Å². The van der Waals surface area contributed by atoms with Crippen LogP contribution in [-0.2, 0) is 9.59 Å². The second-order valence-corrected chi connectivity index (χ2v) is 6.38. The van der Waals surface area contributed by atoms with Crippen molar-refractivity contribution in [3.63, 3.8) is 0 Å². The van der Waals surface area contributed by atoms with Crippen LogP contribution in [0.2, 0.25) is 0 Å². The van der Waals surface area contributed by atoms with E-state index in [4.69, 9.17) is 9.47 Å². The second-order valence-electron chi connectivity index (χ2n) is 6.38. The molecule has 0 aliphatic carbocycles. The molecule has 1 fully saturated rings. The average Bonchev–Trinajstić information content (AvgIpc) is 3.01. The maximum atomic E-state index is 12.6. The Kier molecular flexibility index (Phi) is 5.77.